The Bertz CT molecular complexity index is 696. The van der Waals surface area contributed by atoms with E-state index < -0.39 is 11.6 Å². The summed E-state index contributed by atoms with van der Waals surface area (Å²) in [5, 5.41) is 0. The fraction of sp³-hybridized carbons (Fsp3) is 0.680. The zero-order valence-corrected chi connectivity index (χ0v) is 18.4. The van der Waals surface area contributed by atoms with Crippen molar-refractivity contribution < 1.29 is 23.0 Å². The van der Waals surface area contributed by atoms with Crippen LogP contribution in [0.25, 0.3) is 0 Å². The summed E-state index contributed by atoms with van der Waals surface area (Å²) in [6, 6.07) is 2.88. The van der Waals surface area contributed by atoms with Gasteiger partial charge in [-0.15, -0.1) is 0 Å². The van der Waals surface area contributed by atoms with Gasteiger partial charge in [-0.3, -0.25) is 0 Å². The van der Waals surface area contributed by atoms with E-state index in [-0.39, 0.29) is 11.5 Å². The van der Waals surface area contributed by atoms with Gasteiger partial charge in [0.2, 0.25) is 11.6 Å². The van der Waals surface area contributed by atoms with Crippen molar-refractivity contribution in [2.75, 3.05) is 19.8 Å². The Kier molecular flexibility index (Phi) is 8.98. The molecule has 0 spiro atoms. The molecule has 0 aromatic heterocycles. The molecule has 2 aliphatic rings. The minimum atomic E-state index is -0.977. The Morgan fingerprint density at radius 1 is 0.967 bits per heavy atom. The first-order valence-electron chi connectivity index (χ1n) is 11.6. The van der Waals surface area contributed by atoms with E-state index >= 15 is 0 Å². The summed E-state index contributed by atoms with van der Waals surface area (Å²) in [6.45, 7) is 5.47. The van der Waals surface area contributed by atoms with Crippen LogP contribution in [0.5, 0.6) is 11.5 Å². The topological polar surface area (TPSA) is 27.7 Å². The van der Waals surface area contributed by atoms with Crippen molar-refractivity contribution in [1.82, 2.24) is 0 Å². The molecule has 1 aliphatic heterocycles. The second-order valence-electron chi connectivity index (χ2n) is 8.62. The largest absolute Gasteiger partial charge is 0.491 e. The first-order valence-corrected chi connectivity index (χ1v) is 11.6. The molecule has 0 amide bonds. The van der Waals surface area contributed by atoms with Crippen LogP contribution in [-0.2, 0) is 4.74 Å². The molecule has 1 aliphatic carbocycles. The molecule has 3 nitrogen and oxygen atoms in total. The number of hydrogen-bond acceptors (Lipinski definition) is 3. The molecule has 0 radical (unpaired) electrons. The van der Waals surface area contributed by atoms with Crippen LogP contribution in [0.15, 0.2) is 23.8 Å². The Morgan fingerprint density at radius 2 is 1.67 bits per heavy atom. The molecule has 1 aromatic carbocycles. The molecule has 1 fully saturated rings. The van der Waals surface area contributed by atoms with Crippen molar-refractivity contribution in [3.05, 3.63) is 35.4 Å². The Labute approximate surface area is 179 Å². The van der Waals surface area contributed by atoms with Gasteiger partial charge in [0, 0.05) is 0 Å². The quantitative estimate of drug-likeness (QED) is 0.305. The smallest absolute Gasteiger partial charge is 0.204 e. The molecule has 1 unspecified atom stereocenters. The summed E-state index contributed by atoms with van der Waals surface area (Å²) in [5.41, 5.74) is 1.46. The number of ether oxygens (including phenoxy) is 3. The van der Waals surface area contributed by atoms with Crippen molar-refractivity contribution in [3.8, 4) is 11.5 Å². The van der Waals surface area contributed by atoms with Crippen molar-refractivity contribution >= 4 is 0 Å². The predicted octanol–water partition coefficient (Wildman–Crippen LogP) is 6.84. The van der Waals surface area contributed by atoms with Gasteiger partial charge in [0.15, 0.2) is 11.5 Å². The SMILES string of the molecule is CCCCCC1=CCC(C2CCC(COc3ccc(OCC)c(F)c3F)CC2)OC1. The summed E-state index contributed by atoms with van der Waals surface area (Å²) >= 11 is 0. The minimum absolute atomic E-state index is 0.0329. The van der Waals surface area contributed by atoms with Gasteiger partial charge >= 0.3 is 0 Å². The monoisotopic (exact) mass is 422 g/mol. The normalized spacial score (nSPS) is 24.4. The maximum absolute atomic E-state index is 14.2. The van der Waals surface area contributed by atoms with E-state index in [1.807, 2.05) is 0 Å². The third-order valence-electron chi connectivity index (χ3n) is 6.43. The number of unbranched alkanes of at least 4 members (excludes halogenated alkanes) is 2. The summed E-state index contributed by atoms with van der Waals surface area (Å²) < 4.78 is 45.0. The van der Waals surface area contributed by atoms with Crippen molar-refractivity contribution in [3.63, 3.8) is 0 Å². The molecule has 1 atom stereocenters. The molecule has 0 saturated heterocycles. The number of hydrogen-bond donors (Lipinski definition) is 0. The number of benzene rings is 1. The molecule has 1 saturated carbocycles. The number of halogens is 2. The van der Waals surface area contributed by atoms with E-state index in [1.165, 1.54) is 43.4 Å². The second-order valence-corrected chi connectivity index (χ2v) is 8.62. The summed E-state index contributed by atoms with van der Waals surface area (Å²) in [7, 11) is 0. The zero-order valence-electron chi connectivity index (χ0n) is 18.4. The van der Waals surface area contributed by atoms with Gasteiger partial charge in [0.1, 0.15) is 0 Å². The lowest BCUT2D eigenvalue weighted by molar-refractivity contribution is -0.00244. The molecule has 1 aromatic rings. The lowest BCUT2D eigenvalue weighted by Crippen LogP contribution is -2.31. The molecule has 0 N–H and O–H groups in total. The first-order chi connectivity index (χ1) is 14.6. The van der Waals surface area contributed by atoms with E-state index in [2.05, 4.69) is 13.0 Å². The van der Waals surface area contributed by atoms with E-state index in [9.17, 15) is 8.78 Å². The van der Waals surface area contributed by atoms with Crippen LogP contribution < -0.4 is 9.47 Å². The maximum Gasteiger partial charge on any atom is 0.204 e. The van der Waals surface area contributed by atoms with Gasteiger partial charge in [0.25, 0.3) is 0 Å². The summed E-state index contributed by atoms with van der Waals surface area (Å²) in [6.07, 6.45) is 13.1. The maximum atomic E-state index is 14.2. The van der Waals surface area contributed by atoms with Crippen LogP contribution in [0.4, 0.5) is 8.78 Å². The van der Waals surface area contributed by atoms with Gasteiger partial charge in [-0.1, -0.05) is 25.8 Å². The van der Waals surface area contributed by atoms with Crippen LogP contribution in [0.1, 0.15) is 71.6 Å². The third-order valence-corrected chi connectivity index (χ3v) is 6.43. The Hall–Kier alpha value is -1.62. The van der Waals surface area contributed by atoms with Gasteiger partial charge in [-0.25, -0.2) is 0 Å². The van der Waals surface area contributed by atoms with E-state index in [4.69, 9.17) is 14.2 Å². The number of rotatable bonds is 10. The third kappa shape index (κ3) is 6.19. The lowest BCUT2D eigenvalue weighted by Gasteiger charge is -2.35. The van der Waals surface area contributed by atoms with E-state index in [0.29, 0.717) is 31.2 Å². The predicted molar refractivity (Wildman–Crippen MR) is 115 cm³/mol. The molecule has 168 valence electrons. The molecular weight excluding hydrogens is 386 g/mol. The average Bonchev–Trinajstić information content (AvgIpc) is 2.78. The van der Waals surface area contributed by atoms with Crippen LogP contribution in [0, 0.1) is 23.5 Å². The van der Waals surface area contributed by atoms with Crippen LogP contribution >= 0.6 is 0 Å². The molecule has 0 bridgehead atoms. The van der Waals surface area contributed by atoms with Crippen molar-refractivity contribution in [1.29, 1.82) is 0 Å². The first kappa shape index (κ1) is 23.1. The van der Waals surface area contributed by atoms with Gasteiger partial charge < -0.3 is 14.2 Å². The molecule has 1 heterocycles. The Balaban J connectivity index is 1.41. The highest BCUT2D eigenvalue weighted by Crippen LogP contribution is 2.36. The van der Waals surface area contributed by atoms with Crippen LogP contribution in [0.3, 0.4) is 0 Å². The molecule has 30 heavy (non-hydrogen) atoms. The van der Waals surface area contributed by atoms with Gasteiger partial charge in [-0.2, -0.15) is 8.78 Å². The van der Waals surface area contributed by atoms with Crippen molar-refractivity contribution in [2.45, 2.75) is 77.7 Å². The molecule has 5 heteroatoms. The molecular formula is C25H36F2O3. The summed E-state index contributed by atoms with van der Waals surface area (Å²) in [4.78, 5) is 0. The Morgan fingerprint density at radius 3 is 2.27 bits per heavy atom. The van der Waals surface area contributed by atoms with Crippen LogP contribution in [0.2, 0.25) is 0 Å². The highest BCUT2D eigenvalue weighted by molar-refractivity contribution is 5.35. The van der Waals surface area contributed by atoms with Gasteiger partial charge in [0.05, 0.1) is 25.9 Å². The van der Waals surface area contributed by atoms with Crippen LogP contribution in [-0.4, -0.2) is 25.9 Å². The summed E-state index contributed by atoms with van der Waals surface area (Å²) in [5.74, 6) is -1.08. The molecule has 3 rings (SSSR count). The highest BCUT2D eigenvalue weighted by Gasteiger charge is 2.30. The van der Waals surface area contributed by atoms with E-state index in [0.717, 1.165) is 38.7 Å². The van der Waals surface area contributed by atoms with Crippen molar-refractivity contribution in [2.24, 2.45) is 11.8 Å². The fourth-order valence-corrected chi connectivity index (χ4v) is 4.56. The lowest BCUT2D eigenvalue weighted by atomic mass is 9.78. The standard InChI is InChI=1S/C25H36F2O3/c1-3-5-6-7-18-10-13-21(29-16-18)20-11-8-19(9-12-20)17-30-23-15-14-22(28-4-2)24(26)25(23)27/h10,14-15,19-21H,3-9,11-13,16-17H2,1-2H3. The fourth-order valence-electron chi connectivity index (χ4n) is 4.56. The van der Waals surface area contributed by atoms with Gasteiger partial charge in [-0.05, 0) is 81.4 Å². The minimum Gasteiger partial charge on any atom is -0.491 e. The second kappa shape index (κ2) is 11.7. The average molecular weight is 423 g/mol. The zero-order chi connectivity index (χ0) is 21.3. The van der Waals surface area contributed by atoms with E-state index in [1.54, 1.807) is 6.92 Å². The highest BCUT2D eigenvalue weighted by atomic mass is 19.2.